The van der Waals surface area contributed by atoms with E-state index in [-0.39, 0.29) is 6.17 Å². The van der Waals surface area contributed by atoms with Crippen molar-refractivity contribution in [2.75, 3.05) is 72.6 Å². The summed E-state index contributed by atoms with van der Waals surface area (Å²) in [6, 6.07) is 22.5. The molecule has 1 heterocycles. The Labute approximate surface area is 291 Å². The molecule has 0 amide bonds. The van der Waals surface area contributed by atoms with Crippen LogP contribution in [0.3, 0.4) is 0 Å². The van der Waals surface area contributed by atoms with Crippen molar-refractivity contribution in [2.24, 2.45) is 0 Å². The molecule has 3 aromatic carbocycles. The quantitative estimate of drug-likeness (QED) is 0.147. The maximum absolute atomic E-state index is 9.41. The minimum Gasteiger partial charge on any atom is -0.369 e. The van der Waals surface area contributed by atoms with Crippen LogP contribution >= 0.6 is 69.6 Å². The van der Waals surface area contributed by atoms with Crippen LogP contribution in [0.4, 0.5) is 11.4 Å². The van der Waals surface area contributed by atoms with Gasteiger partial charge in [0.1, 0.15) is 0 Å². The van der Waals surface area contributed by atoms with Crippen molar-refractivity contribution in [1.82, 2.24) is 9.80 Å². The summed E-state index contributed by atoms with van der Waals surface area (Å²) in [6.07, 6.45) is 0.965. The van der Waals surface area contributed by atoms with Gasteiger partial charge >= 0.3 is 0 Å². The summed E-state index contributed by atoms with van der Waals surface area (Å²) in [5, 5.41) is 10.8. The molecule has 236 valence electrons. The van der Waals surface area contributed by atoms with Crippen LogP contribution in [0.15, 0.2) is 60.7 Å². The van der Waals surface area contributed by atoms with Gasteiger partial charge in [-0.1, -0.05) is 47.5 Å². The van der Waals surface area contributed by atoms with Gasteiger partial charge in [0.05, 0.1) is 17.8 Å². The van der Waals surface area contributed by atoms with Crippen molar-refractivity contribution in [1.29, 1.82) is 5.26 Å². The first-order valence-electron chi connectivity index (χ1n) is 14.7. The highest BCUT2D eigenvalue weighted by Crippen LogP contribution is 2.35. The molecule has 0 bridgehead atoms. The van der Waals surface area contributed by atoms with Crippen LogP contribution in [-0.4, -0.2) is 72.6 Å². The van der Waals surface area contributed by atoms with Gasteiger partial charge in [-0.3, -0.25) is 9.80 Å². The summed E-state index contributed by atoms with van der Waals surface area (Å²) >= 11 is 37.9. The number of halogens is 6. The van der Waals surface area contributed by atoms with Crippen LogP contribution < -0.4 is 9.80 Å². The SMILES string of the molecule is N#Cc1ccc(C2N(Cc3ccc(N(CCCl)CCCl)cc3Cl)CCCN2Cc2ccc(N(CCCl)CCCl)cc2Cl)cc1. The van der Waals surface area contributed by atoms with Gasteiger partial charge in [-0.05, 0) is 59.5 Å². The van der Waals surface area contributed by atoms with Crippen LogP contribution in [-0.2, 0) is 13.1 Å². The molecule has 44 heavy (non-hydrogen) atoms. The van der Waals surface area contributed by atoms with E-state index in [1.807, 2.05) is 24.3 Å². The fourth-order valence-corrected chi connectivity index (χ4v) is 7.03. The Balaban J connectivity index is 1.62. The minimum atomic E-state index is -0.0315. The molecule has 0 spiro atoms. The number of hydrogen-bond donors (Lipinski definition) is 0. The Hall–Kier alpha value is -1.59. The summed E-state index contributed by atoms with van der Waals surface area (Å²) in [6.45, 7) is 5.96. The standard InChI is InChI=1S/C33H37Cl6N5/c34-10-16-41(17-11-35)29-8-6-27(31(38)20-29)23-43-14-1-15-44(33(43)26-4-2-25(22-40)3-5-26)24-28-7-9-30(21-32(28)39)42(18-12-36)19-13-37/h2-9,20-21,33H,1,10-19,23-24H2. The highest BCUT2D eigenvalue weighted by Gasteiger charge is 2.31. The largest absolute Gasteiger partial charge is 0.369 e. The van der Waals surface area contributed by atoms with Crippen LogP contribution in [0.25, 0.3) is 0 Å². The molecule has 4 rings (SSSR count). The third-order valence-corrected chi connectivity index (χ3v) is 9.27. The fourth-order valence-electron chi connectivity index (χ4n) is 5.74. The first-order valence-corrected chi connectivity index (χ1v) is 17.6. The van der Waals surface area contributed by atoms with E-state index in [1.165, 1.54) is 0 Å². The fraction of sp³-hybridized carbons (Fsp3) is 0.424. The van der Waals surface area contributed by atoms with Crippen LogP contribution in [0.2, 0.25) is 10.0 Å². The number of alkyl halides is 4. The van der Waals surface area contributed by atoms with Gasteiger partial charge in [0.2, 0.25) is 0 Å². The van der Waals surface area contributed by atoms with Gasteiger partial charge in [-0.2, -0.15) is 5.26 Å². The zero-order valence-electron chi connectivity index (χ0n) is 24.5. The van der Waals surface area contributed by atoms with Gasteiger partial charge < -0.3 is 9.80 Å². The summed E-state index contributed by atoms with van der Waals surface area (Å²) in [5.74, 6) is 2.05. The van der Waals surface area contributed by atoms with Gasteiger partial charge in [0, 0.05) is 97.3 Å². The van der Waals surface area contributed by atoms with Gasteiger partial charge in [-0.15, -0.1) is 46.4 Å². The number of hydrogen-bond acceptors (Lipinski definition) is 5. The summed E-state index contributed by atoms with van der Waals surface area (Å²) < 4.78 is 0. The molecule has 0 aliphatic carbocycles. The van der Waals surface area contributed by atoms with Crippen molar-refractivity contribution in [2.45, 2.75) is 25.7 Å². The Morgan fingerprint density at radius 3 is 1.45 bits per heavy atom. The van der Waals surface area contributed by atoms with Crippen molar-refractivity contribution in [3.63, 3.8) is 0 Å². The number of rotatable bonds is 15. The molecule has 0 radical (unpaired) electrons. The average Bonchev–Trinajstić information content (AvgIpc) is 3.03. The summed E-state index contributed by atoms with van der Waals surface area (Å²) in [7, 11) is 0. The Morgan fingerprint density at radius 1 is 0.659 bits per heavy atom. The second-order valence-corrected chi connectivity index (χ2v) is 13.0. The third-order valence-electron chi connectivity index (χ3n) is 7.89. The Morgan fingerprint density at radius 2 is 1.09 bits per heavy atom. The second kappa shape index (κ2) is 17.9. The molecule has 0 atom stereocenters. The lowest BCUT2D eigenvalue weighted by molar-refractivity contribution is -0.00905. The smallest absolute Gasteiger partial charge is 0.0991 e. The van der Waals surface area contributed by atoms with E-state index in [2.05, 4.69) is 62.1 Å². The maximum atomic E-state index is 9.41. The molecular formula is C33H37Cl6N5. The van der Waals surface area contributed by atoms with E-state index >= 15 is 0 Å². The molecule has 0 saturated carbocycles. The number of anilines is 2. The topological polar surface area (TPSA) is 36.8 Å². The predicted molar refractivity (Wildman–Crippen MR) is 190 cm³/mol. The van der Waals surface area contributed by atoms with Gasteiger partial charge in [-0.25, -0.2) is 0 Å². The lowest BCUT2D eigenvalue weighted by atomic mass is 10.0. The van der Waals surface area contributed by atoms with Crippen molar-refractivity contribution < 1.29 is 0 Å². The average molecular weight is 716 g/mol. The van der Waals surface area contributed by atoms with E-state index in [1.54, 1.807) is 0 Å². The van der Waals surface area contributed by atoms with Gasteiger partial charge in [0.15, 0.2) is 0 Å². The van der Waals surface area contributed by atoms with Crippen molar-refractivity contribution >= 4 is 81.0 Å². The number of nitrogens with zero attached hydrogens (tertiary/aromatic N) is 5. The summed E-state index contributed by atoms with van der Waals surface area (Å²) in [4.78, 5) is 9.20. The van der Waals surface area contributed by atoms with Crippen LogP contribution in [0.5, 0.6) is 0 Å². The highest BCUT2D eigenvalue weighted by atomic mass is 35.5. The molecule has 5 nitrogen and oxygen atoms in total. The first-order chi connectivity index (χ1) is 21.4. The molecule has 11 heteroatoms. The molecule has 0 unspecified atom stereocenters. The lowest BCUT2D eigenvalue weighted by Gasteiger charge is -2.44. The minimum absolute atomic E-state index is 0.0315. The summed E-state index contributed by atoms with van der Waals surface area (Å²) in [5.41, 5.74) is 5.88. The molecule has 1 fully saturated rings. The van der Waals surface area contributed by atoms with E-state index < -0.39 is 0 Å². The van der Waals surface area contributed by atoms with E-state index in [4.69, 9.17) is 69.6 Å². The molecule has 0 aromatic heterocycles. The lowest BCUT2D eigenvalue weighted by Crippen LogP contribution is -2.47. The third kappa shape index (κ3) is 9.24. The Bertz CT molecular complexity index is 1290. The molecule has 1 saturated heterocycles. The first kappa shape index (κ1) is 35.3. The second-order valence-electron chi connectivity index (χ2n) is 10.7. The van der Waals surface area contributed by atoms with E-state index in [0.717, 1.165) is 47.6 Å². The number of benzene rings is 3. The van der Waals surface area contributed by atoms with E-state index in [9.17, 15) is 5.26 Å². The van der Waals surface area contributed by atoms with Crippen molar-refractivity contribution in [3.8, 4) is 6.07 Å². The van der Waals surface area contributed by atoms with Crippen LogP contribution in [0, 0.1) is 11.3 Å². The van der Waals surface area contributed by atoms with Crippen molar-refractivity contribution in [3.05, 3.63) is 93.0 Å². The number of nitriles is 1. The Kier molecular flexibility index (Phi) is 14.4. The normalized spacial score (nSPS) is 14.5. The maximum Gasteiger partial charge on any atom is 0.0991 e. The zero-order valence-corrected chi connectivity index (χ0v) is 29.1. The van der Waals surface area contributed by atoms with Gasteiger partial charge in [0.25, 0.3) is 0 Å². The highest BCUT2D eigenvalue weighted by molar-refractivity contribution is 6.32. The van der Waals surface area contributed by atoms with Crippen LogP contribution in [0.1, 0.15) is 34.8 Å². The van der Waals surface area contributed by atoms with E-state index in [0.29, 0.717) is 78.4 Å². The molecule has 0 N–H and O–H groups in total. The molecule has 1 aliphatic heterocycles. The molecule has 1 aliphatic rings. The molecular weight excluding hydrogens is 679 g/mol. The molecule has 3 aromatic rings. The predicted octanol–water partition coefficient (Wildman–Crippen LogP) is 8.84. The zero-order chi connectivity index (χ0) is 31.5. The monoisotopic (exact) mass is 713 g/mol.